The molecule has 23 heavy (non-hydrogen) atoms. The van der Waals surface area contributed by atoms with E-state index in [2.05, 4.69) is 5.32 Å². The number of benzene rings is 2. The highest BCUT2D eigenvalue weighted by atomic mass is 16.5. The van der Waals surface area contributed by atoms with Gasteiger partial charge >= 0.3 is 0 Å². The van der Waals surface area contributed by atoms with Crippen molar-refractivity contribution in [1.82, 2.24) is 0 Å². The first-order valence-electron chi connectivity index (χ1n) is 7.82. The van der Waals surface area contributed by atoms with Crippen LogP contribution in [0.3, 0.4) is 0 Å². The van der Waals surface area contributed by atoms with Gasteiger partial charge in [0.25, 0.3) is 5.91 Å². The number of ether oxygens (including phenoxy) is 1. The van der Waals surface area contributed by atoms with Crippen LogP contribution in [-0.2, 0) is 11.3 Å². The summed E-state index contributed by atoms with van der Waals surface area (Å²) in [5, 5.41) is 2.99. The Morgan fingerprint density at radius 2 is 1.91 bits per heavy atom. The van der Waals surface area contributed by atoms with Crippen LogP contribution in [0, 0.1) is 6.92 Å². The molecule has 122 valence electrons. The van der Waals surface area contributed by atoms with Gasteiger partial charge in [-0.3, -0.25) is 4.79 Å². The van der Waals surface area contributed by atoms with Crippen molar-refractivity contribution in [2.24, 2.45) is 0 Å². The average molecular weight is 313 g/mol. The predicted molar refractivity (Wildman–Crippen MR) is 92.9 cm³/mol. The molecule has 4 heteroatoms. The summed E-state index contributed by atoms with van der Waals surface area (Å²) in [6.07, 6.45) is 0. The molecule has 0 aliphatic carbocycles. The van der Waals surface area contributed by atoms with Crippen LogP contribution in [0.15, 0.2) is 48.5 Å². The molecule has 2 atom stereocenters. The number of nitrogens with one attached hydrogen (secondary N) is 2. The number of hydrogen-bond acceptors (Lipinski definition) is 2. The minimum atomic E-state index is -0.141. The molecule has 0 saturated heterocycles. The molecule has 0 bridgehead atoms. The number of amides is 1. The molecule has 0 aliphatic rings. The first-order valence-corrected chi connectivity index (χ1v) is 7.82. The zero-order valence-electron chi connectivity index (χ0n) is 14.2. The summed E-state index contributed by atoms with van der Waals surface area (Å²) in [5.41, 5.74) is 3.16. The predicted octanol–water partition coefficient (Wildman–Crippen LogP) is 2.05. The van der Waals surface area contributed by atoms with Crippen molar-refractivity contribution >= 4 is 11.6 Å². The summed E-state index contributed by atoms with van der Waals surface area (Å²) >= 11 is 0. The second kappa shape index (κ2) is 7.79. The lowest BCUT2D eigenvalue weighted by Gasteiger charge is -2.21. The Bertz CT molecular complexity index is 653. The van der Waals surface area contributed by atoms with Crippen molar-refractivity contribution in [3.05, 3.63) is 59.7 Å². The van der Waals surface area contributed by atoms with E-state index in [0.29, 0.717) is 0 Å². The smallest absolute Gasteiger partial charge is 0.282 e. The van der Waals surface area contributed by atoms with Gasteiger partial charge in [0.05, 0.1) is 14.2 Å². The Morgan fingerprint density at radius 1 is 1.22 bits per heavy atom. The van der Waals surface area contributed by atoms with E-state index in [9.17, 15) is 4.79 Å². The highest BCUT2D eigenvalue weighted by Crippen LogP contribution is 2.11. The fourth-order valence-electron chi connectivity index (χ4n) is 2.42. The van der Waals surface area contributed by atoms with Gasteiger partial charge in [-0.2, -0.15) is 0 Å². The van der Waals surface area contributed by atoms with E-state index in [1.165, 1.54) is 5.56 Å². The van der Waals surface area contributed by atoms with Crippen molar-refractivity contribution in [1.29, 1.82) is 0 Å². The third-order valence-corrected chi connectivity index (χ3v) is 4.06. The second-order valence-corrected chi connectivity index (χ2v) is 5.95. The van der Waals surface area contributed by atoms with Crippen LogP contribution in [0.4, 0.5) is 5.69 Å². The summed E-state index contributed by atoms with van der Waals surface area (Å²) in [5.74, 6) is 0.873. The molecule has 0 aromatic heterocycles. The van der Waals surface area contributed by atoms with E-state index in [0.717, 1.165) is 28.4 Å². The number of methoxy groups -OCH3 is 1. The van der Waals surface area contributed by atoms with Gasteiger partial charge in [-0.15, -0.1) is 0 Å². The summed E-state index contributed by atoms with van der Waals surface area (Å²) in [6, 6.07) is 15.7. The molecule has 4 nitrogen and oxygen atoms in total. The number of carbonyl (C=O) groups is 1. The maximum Gasteiger partial charge on any atom is 0.282 e. The molecule has 0 aliphatic heterocycles. The number of carbonyl (C=O) groups excluding carboxylic acids is 1. The summed E-state index contributed by atoms with van der Waals surface area (Å²) in [4.78, 5) is 13.5. The van der Waals surface area contributed by atoms with Crippen LogP contribution in [0.2, 0.25) is 0 Å². The Morgan fingerprint density at radius 3 is 2.52 bits per heavy atom. The lowest BCUT2D eigenvalue weighted by molar-refractivity contribution is -0.907. The normalized spacial score (nSPS) is 13.2. The number of aryl methyl sites for hydroxylation is 1. The van der Waals surface area contributed by atoms with Gasteiger partial charge in [0.1, 0.15) is 12.3 Å². The molecule has 0 fully saturated rings. The highest BCUT2D eigenvalue weighted by molar-refractivity contribution is 5.93. The number of rotatable bonds is 6. The molecule has 2 aromatic rings. The van der Waals surface area contributed by atoms with Crippen molar-refractivity contribution < 1.29 is 14.4 Å². The molecule has 1 amide bonds. The van der Waals surface area contributed by atoms with Crippen LogP contribution in [0.25, 0.3) is 0 Å². The maximum atomic E-state index is 12.4. The number of hydrogen-bond donors (Lipinski definition) is 2. The van der Waals surface area contributed by atoms with Gasteiger partial charge in [-0.05, 0) is 55.8 Å². The number of anilines is 1. The fourth-order valence-corrected chi connectivity index (χ4v) is 2.42. The molecule has 0 radical (unpaired) electrons. The van der Waals surface area contributed by atoms with E-state index in [1.807, 2.05) is 69.4 Å². The minimum absolute atomic E-state index is 0.0293. The van der Waals surface area contributed by atoms with Gasteiger partial charge in [0.15, 0.2) is 6.04 Å². The molecule has 0 saturated carbocycles. The number of quaternary nitrogens is 1. The third kappa shape index (κ3) is 4.83. The SMILES string of the molecule is COc1ccc(C[NH+](C)[C@@H](C)C(=O)Nc2cccc(C)c2)cc1. The Kier molecular flexibility index (Phi) is 5.77. The minimum Gasteiger partial charge on any atom is -0.497 e. The monoisotopic (exact) mass is 313 g/mol. The van der Waals surface area contributed by atoms with Gasteiger partial charge in [0.2, 0.25) is 0 Å². The highest BCUT2D eigenvalue weighted by Gasteiger charge is 2.22. The maximum absolute atomic E-state index is 12.4. The molecule has 2 N–H and O–H groups in total. The molecule has 2 rings (SSSR count). The molecular weight excluding hydrogens is 288 g/mol. The Balaban J connectivity index is 1.95. The summed E-state index contributed by atoms with van der Waals surface area (Å²) in [6.45, 7) is 4.75. The Labute approximate surface area is 138 Å². The Hall–Kier alpha value is -2.33. The van der Waals surface area contributed by atoms with Gasteiger partial charge in [-0.25, -0.2) is 0 Å². The van der Waals surface area contributed by atoms with Gasteiger partial charge in [-0.1, -0.05) is 12.1 Å². The van der Waals surface area contributed by atoms with Crippen molar-refractivity contribution in [2.45, 2.75) is 26.4 Å². The zero-order chi connectivity index (χ0) is 16.8. The van der Waals surface area contributed by atoms with E-state index < -0.39 is 0 Å². The average Bonchev–Trinajstić information content (AvgIpc) is 2.54. The summed E-state index contributed by atoms with van der Waals surface area (Å²) in [7, 11) is 3.69. The summed E-state index contributed by atoms with van der Waals surface area (Å²) < 4.78 is 5.16. The number of likely N-dealkylation sites (N-methyl/N-ethyl adjacent to an activating group) is 1. The first kappa shape index (κ1) is 17.0. The first-order chi connectivity index (χ1) is 11.0. The zero-order valence-corrected chi connectivity index (χ0v) is 14.2. The standard InChI is InChI=1S/C19H24N2O2/c1-14-6-5-7-17(12-14)20-19(22)15(2)21(3)13-16-8-10-18(23-4)11-9-16/h5-12,15H,13H2,1-4H3,(H,20,22)/p+1/t15-/m0/s1. The quantitative estimate of drug-likeness (QED) is 0.857. The van der Waals surface area contributed by atoms with E-state index in [-0.39, 0.29) is 11.9 Å². The van der Waals surface area contributed by atoms with Gasteiger partial charge in [0, 0.05) is 11.3 Å². The van der Waals surface area contributed by atoms with Gasteiger partial charge < -0.3 is 15.0 Å². The second-order valence-electron chi connectivity index (χ2n) is 5.95. The van der Waals surface area contributed by atoms with E-state index in [4.69, 9.17) is 4.74 Å². The molecule has 1 unspecified atom stereocenters. The lowest BCUT2D eigenvalue weighted by Crippen LogP contribution is -3.12. The third-order valence-electron chi connectivity index (χ3n) is 4.06. The van der Waals surface area contributed by atoms with Crippen LogP contribution < -0.4 is 15.0 Å². The fraction of sp³-hybridized carbons (Fsp3) is 0.316. The lowest BCUT2D eigenvalue weighted by atomic mass is 10.1. The van der Waals surface area contributed by atoms with Crippen molar-refractivity contribution in [3.8, 4) is 5.75 Å². The molecule has 0 heterocycles. The van der Waals surface area contributed by atoms with E-state index in [1.54, 1.807) is 7.11 Å². The molecular formula is C19H25N2O2+. The topological polar surface area (TPSA) is 42.8 Å². The molecule has 0 spiro atoms. The largest absolute Gasteiger partial charge is 0.497 e. The van der Waals surface area contributed by atoms with Crippen molar-refractivity contribution in [3.63, 3.8) is 0 Å². The van der Waals surface area contributed by atoms with Crippen molar-refractivity contribution in [2.75, 3.05) is 19.5 Å². The molecule has 2 aromatic carbocycles. The van der Waals surface area contributed by atoms with Crippen LogP contribution >= 0.6 is 0 Å². The van der Waals surface area contributed by atoms with E-state index >= 15 is 0 Å². The van der Waals surface area contributed by atoms with Crippen LogP contribution in [0.1, 0.15) is 18.1 Å². The van der Waals surface area contributed by atoms with Crippen LogP contribution in [-0.4, -0.2) is 26.1 Å². The van der Waals surface area contributed by atoms with Crippen LogP contribution in [0.5, 0.6) is 5.75 Å².